The number of hydrogen-bond acceptors (Lipinski definition) is 5. The second kappa shape index (κ2) is 9.39. The molecule has 1 saturated carbocycles. The summed E-state index contributed by atoms with van der Waals surface area (Å²) in [6, 6.07) is 9.03. The van der Waals surface area contributed by atoms with E-state index in [9.17, 15) is 9.59 Å². The second-order valence-electron chi connectivity index (χ2n) is 10.2. The summed E-state index contributed by atoms with van der Waals surface area (Å²) in [4.78, 5) is 33.2. The molecule has 3 aromatic rings. The van der Waals surface area contributed by atoms with Gasteiger partial charge in [-0.3, -0.25) is 9.59 Å². The molecule has 4 heterocycles. The topological polar surface area (TPSA) is 88.8 Å². The minimum Gasteiger partial charge on any atom is -0.483 e. The molecule has 1 aliphatic carbocycles. The van der Waals surface area contributed by atoms with Crippen LogP contribution in [0.25, 0.3) is 5.65 Å². The van der Waals surface area contributed by atoms with Crippen molar-refractivity contribution in [3.05, 3.63) is 58.0 Å². The van der Waals surface area contributed by atoms with E-state index in [1.165, 1.54) is 12.8 Å². The van der Waals surface area contributed by atoms with Gasteiger partial charge in [-0.2, -0.15) is 5.10 Å². The number of amides is 2. The summed E-state index contributed by atoms with van der Waals surface area (Å²) in [5, 5.41) is 8.41. The summed E-state index contributed by atoms with van der Waals surface area (Å²) >= 11 is 6.27. The molecule has 1 N–H and O–H groups in total. The number of rotatable bonds is 1. The van der Waals surface area contributed by atoms with Crippen LogP contribution in [0.3, 0.4) is 0 Å². The maximum absolute atomic E-state index is 13.9. The molecule has 0 radical (unpaired) electrons. The number of nitrogens with zero attached hydrogens (tertiary/aromatic N) is 4. The first-order valence-corrected chi connectivity index (χ1v) is 13.3. The molecule has 2 amide bonds. The van der Waals surface area contributed by atoms with Gasteiger partial charge in [0.2, 0.25) is 0 Å². The van der Waals surface area contributed by atoms with Crippen molar-refractivity contribution in [1.29, 1.82) is 0 Å². The molecule has 9 heteroatoms. The van der Waals surface area contributed by atoms with Crippen molar-refractivity contribution in [3.8, 4) is 5.75 Å². The lowest BCUT2D eigenvalue weighted by Gasteiger charge is -2.35. The summed E-state index contributed by atoms with van der Waals surface area (Å²) in [6.07, 6.45) is 5.87. The number of nitrogens with one attached hydrogen (secondary N) is 1. The number of carbonyl (C=O) groups is 2. The predicted molar refractivity (Wildman–Crippen MR) is 136 cm³/mol. The number of aromatic nitrogens is 3. The van der Waals surface area contributed by atoms with Gasteiger partial charge in [-0.25, -0.2) is 9.50 Å². The smallest absolute Gasteiger partial charge is 0.258 e. The van der Waals surface area contributed by atoms with Crippen LogP contribution in [0.2, 0.25) is 5.02 Å². The molecule has 8 nitrogen and oxygen atoms in total. The van der Waals surface area contributed by atoms with Gasteiger partial charge in [0.05, 0.1) is 17.3 Å². The molecule has 188 valence electrons. The summed E-state index contributed by atoms with van der Waals surface area (Å²) in [5.74, 6) is 0.652. The average molecular weight is 508 g/mol. The van der Waals surface area contributed by atoms with E-state index in [1.807, 2.05) is 15.5 Å². The van der Waals surface area contributed by atoms with Crippen LogP contribution < -0.4 is 10.1 Å². The molecular weight excluding hydrogens is 478 g/mol. The van der Waals surface area contributed by atoms with Crippen molar-refractivity contribution in [1.82, 2.24) is 24.8 Å². The van der Waals surface area contributed by atoms with Crippen molar-refractivity contribution in [3.63, 3.8) is 0 Å². The zero-order chi connectivity index (χ0) is 24.8. The Kier molecular flexibility index (Phi) is 6.07. The quantitative estimate of drug-likeness (QED) is 0.518. The lowest BCUT2D eigenvalue weighted by atomic mass is 9.98. The van der Waals surface area contributed by atoms with Gasteiger partial charge in [-0.1, -0.05) is 18.5 Å². The molecule has 2 fully saturated rings. The normalized spacial score (nSPS) is 23.2. The number of fused-ring (bicyclic) bond motifs is 4. The molecule has 1 saturated heterocycles. The maximum Gasteiger partial charge on any atom is 0.258 e. The van der Waals surface area contributed by atoms with E-state index in [0.717, 1.165) is 48.4 Å². The van der Waals surface area contributed by atoms with Crippen LogP contribution in [-0.2, 0) is 4.79 Å². The predicted octanol–water partition coefficient (Wildman–Crippen LogP) is 4.63. The maximum atomic E-state index is 13.9. The van der Waals surface area contributed by atoms with E-state index < -0.39 is 0 Å². The Morgan fingerprint density at radius 2 is 1.92 bits per heavy atom. The van der Waals surface area contributed by atoms with E-state index in [1.54, 1.807) is 18.2 Å². The number of hydrogen-bond donors (Lipinski definition) is 1. The van der Waals surface area contributed by atoms with Crippen molar-refractivity contribution in [2.75, 3.05) is 19.7 Å². The van der Waals surface area contributed by atoms with Gasteiger partial charge in [0.15, 0.2) is 12.3 Å². The van der Waals surface area contributed by atoms with Crippen molar-refractivity contribution < 1.29 is 14.3 Å². The molecule has 1 aromatic carbocycles. The number of benzene rings is 1. The van der Waals surface area contributed by atoms with Crippen LogP contribution in [-0.4, -0.2) is 51.0 Å². The van der Waals surface area contributed by atoms with E-state index >= 15 is 0 Å². The number of ether oxygens (including phenoxy) is 1. The summed E-state index contributed by atoms with van der Waals surface area (Å²) < 4.78 is 7.76. The third-order valence-corrected chi connectivity index (χ3v) is 7.76. The van der Waals surface area contributed by atoms with Gasteiger partial charge in [-0.05, 0) is 62.8 Å². The van der Waals surface area contributed by atoms with Gasteiger partial charge in [0.25, 0.3) is 11.8 Å². The molecule has 2 bridgehead atoms. The Morgan fingerprint density at radius 3 is 2.75 bits per heavy atom. The van der Waals surface area contributed by atoms with E-state index in [2.05, 4.69) is 18.3 Å². The lowest BCUT2D eigenvalue weighted by molar-refractivity contribution is -0.123. The molecule has 0 spiro atoms. The van der Waals surface area contributed by atoms with Gasteiger partial charge in [0.1, 0.15) is 5.75 Å². The Balaban J connectivity index is 1.47. The van der Waals surface area contributed by atoms with Crippen LogP contribution in [0.1, 0.15) is 90.8 Å². The van der Waals surface area contributed by atoms with Crippen LogP contribution in [0, 0.1) is 0 Å². The third kappa shape index (κ3) is 4.43. The van der Waals surface area contributed by atoms with Crippen molar-refractivity contribution >= 4 is 29.1 Å². The van der Waals surface area contributed by atoms with Crippen molar-refractivity contribution in [2.24, 2.45) is 0 Å². The minimum absolute atomic E-state index is 0.161. The fraction of sp³-hybridized carbons (Fsp3) is 0.481. The second-order valence-corrected chi connectivity index (χ2v) is 10.6. The molecular formula is C27H30ClN5O3. The standard InChI is InChI=1S/C27H30ClN5O3/c1-16-9-10-29-26(34)15-36-24-8-7-18(28)12-19(24)27(35)32-11-3-2-4-22(32)21-14-25-30-20(17-5-6-17)13-23(16)33(25)31-21/h7-8,12-14,16-17,22H,2-6,9-11,15H2,1H3,(H,29,34)/t16?,22-/m0/s1. The molecule has 36 heavy (non-hydrogen) atoms. The molecule has 3 aliphatic rings. The van der Waals surface area contributed by atoms with E-state index in [0.29, 0.717) is 35.3 Å². The summed E-state index contributed by atoms with van der Waals surface area (Å²) in [5.41, 5.74) is 4.26. The number of piperidine rings is 1. The lowest BCUT2D eigenvalue weighted by Crippen LogP contribution is -2.39. The Hall–Kier alpha value is -3.13. The molecule has 2 aliphatic heterocycles. The summed E-state index contributed by atoms with van der Waals surface area (Å²) in [7, 11) is 0. The highest BCUT2D eigenvalue weighted by Gasteiger charge is 2.33. The van der Waals surface area contributed by atoms with Crippen LogP contribution >= 0.6 is 11.6 Å². The zero-order valence-corrected chi connectivity index (χ0v) is 21.1. The highest BCUT2D eigenvalue weighted by atomic mass is 35.5. The minimum atomic E-state index is -0.224. The molecule has 1 unspecified atom stereocenters. The largest absolute Gasteiger partial charge is 0.483 e. The highest BCUT2D eigenvalue weighted by molar-refractivity contribution is 6.31. The Labute approximate surface area is 215 Å². The SMILES string of the molecule is CC1CCNC(=O)COc2ccc(Cl)cc2C(=O)N2CCCC[C@H]2c2cc3nc(C4CC4)cc1n3n2. The zero-order valence-electron chi connectivity index (χ0n) is 20.4. The summed E-state index contributed by atoms with van der Waals surface area (Å²) in [6.45, 7) is 3.14. The van der Waals surface area contributed by atoms with Gasteiger partial charge in [0, 0.05) is 47.4 Å². The third-order valence-electron chi connectivity index (χ3n) is 7.53. The van der Waals surface area contributed by atoms with Gasteiger partial charge in [-0.15, -0.1) is 0 Å². The van der Waals surface area contributed by atoms with Crippen LogP contribution in [0.15, 0.2) is 30.3 Å². The Morgan fingerprint density at radius 1 is 1.06 bits per heavy atom. The fourth-order valence-electron chi connectivity index (χ4n) is 5.34. The number of carbonyl (C=O) groups excluding carboxylic acids is 2. The number of halogens is 1. The van der Waals surface area contributed by atoms with Crippen LogP contribution in [0.4, 0.5) is 0 Å². The highest BCUT2D eigenvalue weighted by Crippen LogP contribution is 2.41. The first-order chi connectivity index (χ1) is 17.5. The van der Waals surface area contributed by atoms with Crippen LogP contribution in [0.5, 0.6) is 5.75 Å². The first-order valence-electron chi connectivity index (χ1n) is 12.9. The van der Waals surface area contributed by atoms with Gasteiger partial charge < -0.3 is 15.0 Å². The molecule has 2 atom stereocenters. The first kappa shape index (κ1) is 23.3. The molecule has 2 aromatic heterocycles. The Bertz CT molecular complexity index is 1330. The fourth-order valence-corrected chi connectivity index (χ4v) is 5.51. The van der Waals surface area contributed by atoms with Crippen molar-refractivity contribution in [2.45, 2.75) is 63.3 Å². The van der Waals surface area contributed by atoms with E-state index in [4.69, 9.17) is 26.4 Å². The average Bonchev–Trinajstić information content (AvgIpc) is 3.65. The monoisotopic (exact) mass is 507 g/mol. The molecule has 6 rings (SSSR count). The van der Waals surface area contributed by atoms with E-state index in [-0.39, 0.29) is 30.4 Å². The van der Waals surface area contributed by atoms with Gasteiger partial charge >= 0.3 is 0 Å².